The number of carbonyl (C=O) groups is 2. The lowest BCUT2D eigenvalue weighted by Gasteiger charge is -2.34. The van der Waals surface area contributed by atoms with E-state index < -0.39 is 11.1 Å². The molecule has 2 N–H and O–H groups in total. The Bertz CT molecular complexity index is 1350. The van der Waals surface area contributed by atoms with Crippen LogP contribution in [0.5, 0.6) is 0 Å². The van der Waals surface area contributed by atoms with Crippen LogP contribution < -0.4 is 16.4 Å². The number of carbonyl (C=O) groups excluding carboxylic acids is 2. The summed E-state index contributed by atoms with van der Waals surface area (Å²) in [6, 6.07) is 10.9. The van der Waals surface area contributed by atoms with Gasteiger partial charge < -0.3 is 19.8 Å². The third-order valence-corrected chi connectivity index (χ3v) is 6.31. The molecular weight excluding hydrogens is 434 g/mol. The van der Waals surface area contributed by atoms with Crippen LogP contribution in [-0.2, 0) is 11.3 Å². The summed E-state index contributed by atoms with van der Waals surface area (Å²) in [7, 11) is 0. The van der Waals surface area contributed by atoms with Gasteiger partial charge in [0.15, 0.2) is 0 Å². The molecule has 2 heterocycles. The number of rotatable bonds is 5. The molecule has 4 rings (SSSR count). The van der Waals surface area contributed by atoms with E-state index >= 15 is 0 Å². The number of para-hydroxylation sites is 1. The van der Waals surface area contributed by atoms with E-state index in [1.165, 1.54) is 4.57 Å². The maximum atomic E-state index is 13.1. The molecule has 0 aliphatic carbocycles. The number of fused-ring (bicyclic) bond motifs is 1. The summed E-state index contributed by atoms with van der Waals surface area (Å²) in [6.07, 6.45) is 0. The molecule has 9 heteroatoms. The Balaban J connectivity index is 1.39. The van der Waals surface area contributed by atoms with Gasteiger partial charge in [0.2, 0.25) is 5.91 Å². The Morgan fingerprint density at radius 2 is 1.68 bits per heavy atom. The van der Waals surface area contributed by atoms with Crippen molar-refractivity contribution in [3.63, 3.8) is 0 Å². The van der Waals surface area contributed by atoms with E-state index in [0.717, 1.165) is 16.8 Å². The molecular formula is C25H29N5O4. The number of hydrogen-bond acceptors (Lipinski definition) is 5. The number of nitrogens with one attached hydrogen (secondary N) is 2. The first kappa shape index (κ1) is 23.4. The van der Waals surface area contributed by atoms with Gasteiger partial charge in [-0.2, -0.15) is 0 Å². The average Bonchev–Trinajstić information content (AvgIpc) is 2.82. The van der Waals surface area contributed by atoms with E-state index in [-0.39, 0.29) is 18.4 Å². The fraction of sp³-hybridized carbons (Fsp3) is 0.360. The first-order valence-corrected chi connectivity index (χ1v) is 11.4. The first-order chi connectivity index (χ1) is 16.3. The molecule has 0 radical (unpaired) electrons. The Labute approximate surface area is 197 Å². The van der Waals surface area contributed by atoms with Crippen LogP contribution >= 0.6 is 0 Å². The van der Waals surface area contributed by atoms with E-state index in [9.17, 15) is 19.2 Å². The Morgan fingerprint density at radius 3 is 2.32 bits per heavy atom. The number of aryl methyl sites for hydroxylation is 3. The van der Waals surface area contributed by atoms with Crippen LogP contribution in [0, 0.1) is 13.8 Å². The van der Waals surface area contributed by atoms with Crippen molar-refractivity contribution in [2.75, 3.05) is 38.0 Å². The summed E-state index contributed by atoms with van der Waals surface area (Å²) in [5.41, 5.74) is 3.09. The molecule has 0 spiro atoms. The number of benzene rings is 2. The molecule has 9 nitrogen and oxygen atoms in total. The quantitative estimate of drug-likeness (QED) is 0.561. The van der Waals surface area contributed by atoms with Crippen molar-refractivity contribution in [3.8, 4) is 0 Å². The van der Waals surface area contributed by atoms with Crippen LogP contribution in [0.25, 0.3) is 11.0 Å². The van der Waals surface area contributed by atoms with E-state index in [2.05, 4.69) is 10.3 Å². The van der Waals surface area contributed by atoms with Crippen LogP contribution in [0.15, 0.2) is 46.0 Å². The Kier molecular flexibility index (Phi) is 6.65. The van der Waals surface area contributed by atoms with Crippen molar-refractivity contribution in [2.24, 2.45) is 0 Å². The molecule has 178 valence electrons. The number of amides is 2. The molecule has 1 aromatic heterocycles. The van der Waals surface area contributed by atoms with Crippen molar-refractivity contribution in [2.45, 2.75) is 27.3 Å². The van der Waals surface area contributed by atoms with Gasteiger partial charge in [-0.3, -0.25) is 24.1 Å². The highest BCUT2D eigenvalue weighted by Crippen LogP contribution is 2.19. The summed E-state index contributed by atoms with van der Waals surface area (Å²) in [6.45, 7) is 8.54. The highest BCUT2D eigenvalue weighted by molar-refractivity contribution is 5.97. The van der Waals surface area contributed by atoms with Gasteiger partial charge in [0.25, 0.3) is 5.91 Å². The molecule has 0 bridgehead atoms. The molecule has 2 amide bonds. The van der Waals surface area contributed by atoms with Crippen molar-refractivity contribution < 1.29 is 9.59 Å². The van der Waals surface area contributed by atoms with E-state index in [1.54, 1.807) is 30.0 Å². The summed E-state index contributed by atoms with van der Waals surface area (Å²) >= 11 is 0. The standard InChI is InChI=1S/C25H29N5O4/c1-4-30-20-9-8-18(14-19(20)26-23(32)25(30)34)24(33)29-12-10-28(11-13-29)15-21(31)27-22-16(2)6-5-7-17(22)3/h5-9,14H,4,10-13,15H2,1-3H3,(H,26,32)(H,27,31). The molecule has 1 aliphatic rings. The molecule has 1 fully saturated rings. The smallest absolute Gasteiger partial charge is 0.316 e. The topological polar surface area (TPSA) is 108 Å². The minimum Gasteiger partial charge on any atom is -0.336 e. The predicted molar refractivity (Wildman–Crippen MR) is 131 cm³/mol. The lowest BCUT2D eigenvalue weighted by atomic mass is 10.1. The van der Waals surface area contributed by atoms with Gasteiger partial charge in [-0.25, -0.2) is 0 Å². The lowest BCUT2D eigenvalue weighted by molar-refractivity contribution is -0.117. The minimum atomic E-state index is -0.702. The van der Waals surface area contributed by atoms with Crippen molar-refractivity contribution in [3.05, 3.63) is 73.8 Å². The summed E-state index contributed by atoms with van der Waals surface area (Å²) in [5, 5.41) is 3.01. The number of hydrogen-bond donors (Lipinski definition) is 2. The van der Waals surface area contributed by atoms with E-state index in [1.807, 2.05) is 36.9 Å². The van der Waals surface area contributed by atoms with Crippen molar-refractivity contribution in [1.82, 2.24) is 19.4 Å². The third kappa shape index (κ3) is 4.65. The number of piperazine rings is 1. The average molecular weight is 464 g/mol. The molecule has 2 aromatic carbocycles. The zero-order valence-electron chi connectivity index (χ0n) is 19.7. The number of anilines is 1. The second-order valence-corrected chi connectivity index (χ2v) is 8.62. The first-order valence-electron chi connectivity index (χ1n) is 11.4. The molecule has 34 heavy (non-hydrogen) atoms. The number of nitrogens with zero attached hydrogens (tertiary/aromatic N) is 3. The highest BCUT2D eigenvalue weighted by Gasteiger charge is 2.24. The van der Waals surface area contributed by atoms with Crippen molar-refractivity contribution >= 4 is 28.5 Å². The normalized spacial score (nSPS) is 14.4. The van der Waals surface area contributed by atoms with Crippen LogP contribution in [0.4, 0.5) is 5.69 Å². The van der Waals surface area contributed by atoms with E-state index in [0.29, 0.717) is 49.3 Å². The maximum absolute atomic E-state index is 13.1. The molecule has 1 aliphatic heterocycles. The van der Waals surface area contributed by atoms with Gasteiger partial charge in [0.1, 0.15) is 0 Å². The lowest BCUT2D eigenvalue weighted by Crippen LogP contribution is -2.50. The second-order valence-electron chi connectivity index (χ2n) is 8.62. The Hall–Kier alpha value is -3.72. The molecule has 0 unspecified atom stereocenters. The second kappa shape index (κ2) is 9.64. The van der Waals surface area contributed by atoms with Crippen LogP contribution in [0.3, 0.4) is 0 Å². The zero-order valence-corrected chi connectivity index (χ0v) is 19.7. The third-order valence-electron chi connectivity index (χ3n) is 6.31. The van der Waals surface area contributed by atoms with Gasteiger partial charge in [-0.1, -0.05) is 18.2 Å². The molecule has 0 atom stereocenters. The van der Waals surface area contributed by atoms with Crippen LogP contribution in [-0.4, -0.2) is 63.9 Å². The Morgan fingerprint density at radius 1 is 1.00 bits per heavy atom. The minimum absolute atomic E-state index is 0.0716. The summed E-state index contributed by atoms with van der Waals surface area (Å²) in [4.78, 5) is 56.0. The fourth-order valence-electron chi connectivity index (χ4n) is 4.41. The van der Waals surface area contributed by atoms with E-state index in [4.69, 9.17) is 0 Å². The van der Waals surface area contributed by atoms with Crippen LogP contribution in [0.1, 0.15) is 28.4 Å². The molecule has 0 saturated carbocycles. The molecule has 3 aromatic rings. The van der Waals surface area contributed by atoms with Gasteiger partial charge >= 0.3 is 11.1 Å². The van der Waals surface area contributed by atoms with Gasteiger partial charge in [-0.05, 0) is 50.1 Å². The number of aromatic nitrogens is 2. The van der Waals surface area contributed by atoms with Gasteiger partial charge in [0.05, 0.1) is 17.6 Å². The number of aromatic amines is 1. The predicted octanol–water partition coefficient (Wildman–Crippen LogP) is 1.72. The highest BCUT2D eigenvalue weighted by atomic mass is 16.2. The number of H-pyrrole nitrogens is 1. The van der Waals surface area contributed by atoms with Gasteiger partial charge in [0, 0.05) is 44.0 Å². The fourth-order valence-corrected chi connectivity index (χ4v) is 4.41. The summed E-state index contributed by atoms with van der Waals surface area (Å²) < 4.78 is 1.39. The monoisotopic (exact) mass is 463 g/mol. The van der Waals surface area contributed by atoms with Crippen LogP contribution in [0.2, 0.25) is 0 Å². The zero-order chi connectivity index (χ0) is 24.4. The molecule has 1 saturated heterocycles. The summed E-state index contributed by atoms with van der Waals surface area (Å²) in [5.74, 6) is -0.214. The van der Waals surface area contributed by atoms with Crippen molar-refractivity contribution in [1.29, 1.82) is 0 Å². The largest absolute Gasteiger partial charge is 0.336 e. The van der Waals surface area contributed by atoms with Gasteiger partial charge in [-0.15, -0.1) is 0 Å². The maximum Gasteiger partial charge on any atom is 0.316 e. The SMILES string of the molecule is CCn1c(=O)c(=O)[nH]c2cc(C(=O)N3CCN(CC(=O)Nc4c(C)cccc4C)CC3)ccc21.